The van der Waals surface area contributed by atoms with Gasteiger partial charge < -0.3 is 0 Å². The van der Waals surface area contributed by atoms with E-state index in [9.17, 15) is 0 Å². The number of rotatable bonds is 8. The number of fused-ring (bicyclic) bond motifs is 1. The summed E-state index contributed by atoms with van der Waals surface area (Å²) in [6.45, 7) is 5.59. The Morgan fingerprint density at radius 2 is 1.38 bits per heavy atom. The molecule has 148 valence electrons. The lowest BCUT2D eigenvalue weighted by Crippen LogP contribution is -2.33. The first kappa shape index (κ1) is 19.8. The molecule has 0 spiro atoms. The highest BCUT2D eigenvalue weighted by Gasteiger charge is 2.25. The molecule has 0 aliphatic rings. The molecular weight excluding hydrogens is 372 g/mol. The fourth-order valence-electron chi connectivity index (χ4n) is 3.92. The molecule has 0 aliphatic carbocycles. The van der Waals surface area contributed by atoms with Gasteiger partial charge in [-0.05, 0) is 29.6 Å². The zero-order valence-corrected chi connectivity index (χ0v) is 18.1. The quantitative estimate of drug-likeness (QED) is 0.256. The predicted octanol–water partition coefficient (Wildman–Crippen LogP) is 6.10. The Bertz CT molecular complexity index is 999. The SMILES string of the molecule is CC(C)SCCC[n+]1cn(C(c2ccccc2)c2ccccc2)c2ccccc21. The van der Waals surface area contributed by atoms with Crippen molar-refractivity contribution in [2.75, 3.05) is 5.75 Å². The summed E-state index contributed by atoms with van der Waals surface area (Å²) in [5.74, 6) is 1.20. The average molecular weight is 402 g/mol. The highest BCUT2D eigenvalue weighted by atomic mass is 32.2. The van der Waals surface area contributed by atoms with Crippen LogP contribution in [0.1, 0.15) is 37.4 Å². The monoisotopic (exact) mass is 401 g/mol. The summed E-state index contributed by atoms with van der Waals surface area (Å²) in [5, 5.41) is 0.696. The summed E-state index contributed by atoms with van der Waals surface area (Å²) in [6.07, 6.45) is 3.50. The van der Waals surface area contributed by atoms with E-state index in [-0.39, 0.29) is 6.04 Å². The summed E-state index contributed by atoms with van der Waals surface area (Å²) in [5.41, 5.74) is 5.20. The minimum absolute atomic E-state index is 0.161. The van der Waals surface area contributed by atoms with E-state index in [0.29, 0.717) is 5.25 Å². The van der Waals surface area contributed by atoms with Crippen LogP contribution in [0.4, 0.5) is 0 Å². The number of hydrogen-bond donors (Lipinski definition) is 0. The Balaban J connectivity index is 1.76. The summed E-state index contributed by atoms with van der Waals surface area (Å²) in [7, 11) is 0. The van der Waals surface area contributed by atoms with E-state index < -0.39 is 0 Å². The van der Waals surface area contributed by atoms with Gasteiger partial charge >= 0.3 is 0 Å². The number of para-hydroxylation sites is 2. The van der Waals surface area contributed by atoms with Crippen molar-refractivity contribution in [3.05, 3.63) is 102 Å². The molecule has 0 saturated carbocycles. The fourth-order valence-corrected chi connectivity index (χ4v) is 4.69. The van der Waals surface area contributed by atoms with Crippen molar-refractivity contribution >= 4 is 22.8 Å². The summed E-state index contributed by atoms with van der Waals surface area (Å²) in [4.78, 5) is 0. The molecule has 0 fully saturated rings. The third-order valence-corrected chi connectivity index (χ3v) is 6.43. The van der Waals surface area contributed by atoms with E-state index in [1.165, 1.54) is 34.3 Å². The zero-order valence-electron chi connectivity index (χ0n) is 17.2. The molecule has 0 N–H and O–H groups in total. The van der Waals surface area contributed by atoms with Crippen LogP contribution < -0.4 is 4.57 Å². The predicted molar refractivity (Wildman–Crippen MR) is 124 cm³/mol. The van der Waals surface area contributed by atoms with Crippen molar-refractivity contribution < 1.29 is 4.57 Å². The Kier molecular flexibility index (Phi) is 6.36. The lowest BCUT2D eigenvalue weighted by Gasteiger charge is -2.15. The highest BCUT2D eigenvalue weighted by Crippen LogP contribution is 2.29. The van der Waals surface area contributed by atoms with Gasteiger partial charge in [0, 0.05) is 11.1 Å². The van der Waals surface area contributed by atoms with Crippen LogP contribution in [0.25, 0.3) is 11.0 Å². The fraction of sp³-hybridized carbons (Fsp3) is 0.269. The van der Waals surface area contributed by atoms with Crippen LogP contribution in [-0.2, 0) is 6.54 Å². The van der Waals surface area contributed by atoms with Gasteiger partial charge in [0.2, 0.25) is 6.33 Å². The molecule has 0 unspecified atom stereocenters. The molecule has 1 aromatic heterocycles. The molecule has 2 nitrogen and oxygen atoms in total. The zero-order chi connectivity index (χ0) is 20.1. The van der Waals surface area contributed by atoms with Crippen LogP contribution in [0.2, 0.25) is 0 Å². The van der Waals surface area contributed by atoms with Gasteiger partial charge in [-0.1, -0.05) is 86.6 Å². The van der Waals surface area contributed by atoms with E-state index in [1.807, 2.05) is 11.8 Å². The van der Waals surface area contributed by atoms with E-state index in [0.717, 1.165) is 6.54 Å². The normalized spacial score (nSPS) is 11.6. The summed E-state index contributed by atoms with van der Waals surface area (Å²) in [6, 6.07) is 30.6. The first-order valence-corrected chi connectivity index (χ1v) is 11.5. The minimum Gasteiger partial charge on any atom is -0.230 e. The Morgan fingerprint density at radius 3 is 2.00 bits per heavy atom. The topological polar surface area (TPSA) is 8.81 Å². The molecule has 0 radical (unpaired) electrons. The molecule has 0 bridgehead atoms. The van der Waals surface area contributed by atoms with Gasteiger partial charge in [0.05, 0.1) is 6.54 Å². The highest BCUT2D eigenvalue weighted by molar-refractivity contribution is 7.99. The molecule has 0 amide bonds. The van der Waals surface area contributed by atoms with Gasteiger partial charge in [0.15, 0.2) is 17.1 Å². The Morgan fingerprint density at radius 1 is 0.793 bits per heavy atom. The first-order valence-electron chi connectivity index (χ1n) is 10.4. The number of thioether (sulfide) groups is 1. The number of nitrogens with zero attached hydrogens (tertiary/aromatic N) is 2. The number of imidazole rings is 1. The van der Waals surface area contributed by atoms with Crippen molar-refractivity contribution in [2.45, 2.75) is 38.1 Å². The maximum Gasteiger partial charge on any atom is 0.245 e. The van der Waals surface area contributed by atoms with Crippen LogP contribution in [0.15, 0.2) is 91.3 Å². The number of aryl methyl sites for hydroxylation is 1. The van der Waals surface area contributed by atoms with Crippen molar-refractivity contribution in [3.63, 3.8) is 0 Å². The van der Waals surface area contributed by atoms with Crippen molar-refractivity contribution in [1.82, 2.24) is 4.57 Å². The van der Waals surface area contributed by atoms with Gasteiger partial charge in [0.25, 0.3) is 0 Å². The van der Waals surface area contributed by atoms with Crippen LogP contribution in [0.5, 0.6) is 0 Å². The van der Waals surface area contributed by atoms with Crippen LogP contribution >= 0.6 is 11.8 Å². The van der Waals surface area contributed by atoms with Crippen molar-refractivity contribution in [2.24, 2.45) is 0 Å². The minimum atomic E-state index is 0.161. The van der Waals surface area contributed by atoms with Gasteiger partial charge in [-0.25, -0.2) is 9.13 Å². The summed E-state index contributed by atoms with van der Waals surface area (Å²) >= 11 is 2.04. The second kappa shape index (κ2) is 9.32. The molecule has 3 aromatic carbocycles. The van der Waals surface area contributed by atoms with Gasteiger partial charge in [-0.3, -0.25) is 0 Å². The second-order valence-electron chi connectivity index (χ2n) is 7.70. The molecule has 29 heavy (non-hydrogen) atoms. The molecule has 0 aliphatic heterocycles. The standard InChI is InChI=1S/C26H29N2S/c1-21(2)29-19-11-18-27-20-28(25-17-10-9-16-24(25)27)26(22-12-5-3-6-13-22)23-14-7-4-8-15-23/h3-10,12-17,20-21,26H,11,18-19H2,1-2H3/q+1. The van der Waals surface area contributed by atoms with Crippen LogP contribution in [0, 0.1) is 0 Å². The third-order valence-electron chi connectivity index (χ3n) is 5.24. The molecule has 0 atom stereocenters. The van der Waals surface area contributed by atoms with E-state index in [4.69, 9.17) is 0 Å². The van der Waals surface area contributed by atoms with E-state index in [2.05, 4.69) is 114 Å². The Hall–Kier alpha value is -2.52. The van der Waals surface area contributed by atoms with E-state index >= 15 is 0 Å². The smallest absolute Gasteiger partial charge is 0.230 e. The summed E-state index contributed by atoms with van der Waals surface area (Å²) < 4.78 is 4.87. The number of aromatic nitrogens is 2. The van der Waals surface area contributed by atoms with Gasteiger partial charge in [-0.15, -0.1) is 0 Å². The van der Waals surface area contributed by atoms with Crippen LogP contribution in [0.3, 0.4) is 0 Å². The Labute approximate surface area is 178 Å². The number of benzene rings is 3. The molecule has 4 aromatic rings. The van der Waals surface area contributed by atoms with Crippen molar-refractivity contribution in [1.29, 1.82) is 0 Å². The lowest BCUT2D eigenvalue weighted by atomic mass is 9.98. The molecular formula is C26H29N2S+. The van der Waals surface area contributed by atoms with E-state index in [1.54, 1.807) is 0 Å². The molecule has 3 heteroatoms. The molecule has 0 saturated heterocycles. The molecule has 1 heterocycles. The van der Waals surface area contributed by atoms with Gasteiger partial charge in [-0.2, -0.15) is 11.8 Å². The second-order valence-corrected chi connectivity index (χ2v) is 9.39. The van der Waals surface area contributed by atoms with Gasteiger partial charge in [0.1, 0.15) is 0 Å². The average Bonchev–Trinajstić information content (AvgIpc) is 3.11. The molecule has 4 rings (SSSR count). The maximum atomic E-state index is 2.44. The van der Waals surface area contributed by atoms with Crippen LogP contribution in [-0.4, -0.2) is 15.6 Å². The van der Waals surface area contributed by atoms with Crippen molar-refractivity contribution in [3.8, 4) is 0 Å². The first-order chi connectivity index (χ1) is 14.2. The lowest BCUT2D eigenvalue weighted by molar-refractivity contribution is -0.672. The third kappa shape index (κ3) is 4.56. The maximum absolute atomic E-state index is 2.44. The largest absolute Gasteiger partial charge is 0.245 e. The number of hydrogen-bond acceptors (Lipinski definition) is 1.